The van der Waals surface area contributed by atoms with Crippen molar-refractivity contribution in [2.75, 3.05) is 13.2 Å². The van der Waals surface area contributed by atoms with E-state index in [9.17, 15) is 0 Å². The molecular formula is C18H31NO. The van der Waals surface area contributed by atoms with Crippen LogP contribution in [-0.4, -0.2) is 25.3 Å². The molecule has 1 N–H and O–H groups in total. The van der Waals surface area contributed by atoms with Gasteiger partial charge in [0.15, 0.2) is 0 Å². The fourth-order valence-corrected chi connectivity index (χ4v) is 2.63. The minimum atomic E-state index is 0.293. The zero-order valence-corrected chi connectivity index (χ0v) is 14.0. The van der Waals surface area contributed by atoms with Crippen molar-refractivity contribution in [3.05, 3.63) is 34.4 Å². The SMILES string of the molecule is CCCNC(COC(C)C)Cc1c(C)cc(C)cc1C. The van der Waals surface area contributed by atoms with E-state index >= 15 is 0 Å². The Labute approximate surface area is 124 Å². The van der Waals surface area contributed by atoms with E-state index in [1.54, 1.807) is 0 Å². The predicted molar refractivity (Wildman–Crippen MR) is 87.5 cm³/mol. The average molecular weight is 277 g/mol. The summed E-state index contributed by atoms with van der Waals surface area (Å²) in [6.07, 6.45) is 2.50. The molecule has 0 radical (unpaired) electrons. The Morgan fingerprint density at radius 1 is 1.10 bits per heavy atom. The summed E-state index contributed by atoms with van der Waals surface area (Å²) in [4.78, 5) is 0. The second-order valence-electron chi connectivity index (χ2n) is 6.11. The summed E-state index contributed by atoms with van der Waals surface area (Å²) in [5.41, 5.74) is 5.61. The van der Waals surface area contributed by atoms with Crippen LogP contribution in [0.25, 0.3) is 0 Å². The molecule has 0 saturated heterocycles. The molecule has 0 saturated carbocycles. The Morgan fingerprint density at radius 2 is 1.70 bits per heavy atom. The van der Waals surface area contributed by atoms with E-state index in [0.717, 1.165) is 26.0 Å². The zero-order chi connectivity index (χ0) is 15.1. The Bertz CT molecular complexity index is 389. The van der Waals surface area contributed by atoms with Gasteiger partial charge in [0.2, 0.25) is 0 Å². The first-order valence-electron chi connectivity index (χ1n) is 7.85. The third-order valence-corrected chi connectivity index (χ3v) is 3.60. The van der Waals surface area contributed by atoms with Crippen molar-refractivity contribution in [1.29, 1.82) is 0 Å². The third kappa shape index (κ3) is 5.64. The van der Waals surface area contributed by atoms with Crippen molar-refractivity contribution < 1.29 is 4.74 Å². The van der Waals surface area contributed by atoms with Crippen LogP contribution >= 0.6 is 0 Å². The van der Waals surface area contributed by atoms with Gasteiger partial charge in [-0.2, -0.15) is 0 Å². The molecule has 0 aliphatic heterocycles. The summed E-state index contributed by atoms with van der Waals surface area (Å²) < 4.78 is 5.81. The lowest BCUT2D eigenvalue weighted by Gasteiger charge is -2.22. The van der Waals surface area contributed by atoms with Gasteiger partial charge in [0, 0.05) is 6.04 Å². The maximum Gasteiger partial charge on any atom is 0.0626 e. The summed E-state index contributed by atoms with van der Waals surface area (Å²) >= 11 is 0. The molecule has 0 aliphatic rings. The number of nitrogens with one attached hydrogen (secondary N) is 1. The Hall–Kier alpha value is -0.860. The Balaban J connectivity index is 2.77. The van der Waals surface area contributed by atoms with Crippen molar-refractivity contribution in [3.8, 4) is 0 Å². The van der Waals surface area contributed by atoms with Crippen LogP contribution in [0.1, 0.15) is 49.4 Å². The maximum atomic E-state index is 5.81. The van der Waals surface area contributed by atoms with Crippen LogP contribution in [0.5, 0.6) is 0 Å². The molecule has 0 amide bonds. The number of hydrogen-bond acceptors (Lipinski definition) is 2. The van der Waals surface area contributed by atoms with Crippen LogP contribution in [-0.2, 0) is 11.2 Å². The molecule has 0 spiro atoms. The second kappa shape index (κ2) is 8.43. The topological polar surface area (TPSA) is 21.3 Å². The van der Waals surface area contributed by atoms with Crippen LogP contribution in [0.4, 0.5) is 0 Å². The molecule has 20 heavy (non-hydrogen) atoms. The van der Waals surface area contributed by atoms with Crippen LogP contribution < -0.4 is 5.32 Å². The first kappa shape index (κ1) is 17.2. The standard InChI is InChI=1S/C18H31NO/c1-7-8-19-17(12-20-13(2)3)11-18-15(5)9-14(4)10-16(18)6/h9-10,13,17,19H,7-8,11-12H2,1-6H3. The smallest absolute Gasteiger partial charge is 0.0626 e. The van der Waals surface area contributed by atoms with E-state index < -0.39 is 0 Å². The van der Waals surface area contributed by atoms with E-state index in [-0.39, 0.29) is 0 Å². The average Bonchev–Trinajstić information content (AvgIpc) is 2.35. The fourth-order valence-electron chi connectivity index (χ4n) is 2.63. The van der Waals surface area contributed by atoms with Gasteiger partial charge in [-0.25, -0.2) is 0 Å². The van der Waals surface area contributed by atoms with E-state index in [1.807, 2.05) is 0 Å². The van der Waals surface area contributed by atoms with Gasteiger partial charge in [-0.15, -0.1) is 0 Å². The highest BCUT2D eigenvalue weighted by Crippen LogP contribution is 2.18. The van der Waals surface area contributed by atoms with Crippen LogP contribution in [0, 0.1) is 20.8 Å². The van der Waals surface area contributed by atoms with E-state index in [1.165, 1.54) is 22.3 Å². The zero-order valence-electron chi connectivity index (χ0n) is 14.0. The molecule has 2 heteroatoms. The minimum Gasteiger partial charge on any atom is -0.377 e. The summed E-state index contributed by atoms with van der Waals surface area (Å²) in [7, 11) is 0. The summed E-state index contributed by atoms with van der Waals surface area (Å²) in [6.45, 7) is 14.8. The quantitative estimate of drug-likeness (QED) is 0.777. The highest BCUT2D eigenvalue weighted by molar-refractivity contribution is 5.38. The number of aryl methyl sites for hydroxylation is 3. The molecule has 0 fully saturated rings. The van der Waals surface area contributed by atoms with Gasteiger partial charge in [0.25, 0.3) is 0 Å². The number of ether oxygens (including phenoxy) is 1. The lowest BCUT2D eigenvalue weighted by molar-refractivity contribution is 0.0612. The van der Waals surface area contributed by atoms with E-state index in [0.29, 0.717) is 12.1 Å². The molecular weight excluding hydrogens is 246 g/mol. The van der Waals surface area contributed by atoms with Crippen molar-refractivity contribution in [1.82, 2.24) is 5.32 Å². The molecule has 0 aromatic heterocycles. The monoisotopic (exact) mass is 277 g/mol. The molecule has 0 bridgehead atoms. The highest BCUT2D eigenvalue weighted by Gasteiger charge is 2.13. The first-order chi connectivity index (χ1) is 9.43. The normalized spacial score (nSPS) is 12.9. The Morgan fingerprint density at radius 3 is 2.20 bits per heavy atom. The van der Waals surface area contributed by atoms with Gasteiger partial charge in [0.1, 0.15) is 0 Å². The van der Waals surface area contributed by atoms with E-state index in [4.69, 9.17) is 4.74 Å². The highest BCUT2D eigenvalue weighted by atomic mass is 16.5. The first-order valence-corrected chi connectivity index (χ1v) is 7.85. The molecule has 1 unspecified atom stereocenters. The summed E-state index contributed by atoms with van der Waals surface area (Å²) in [5, 5.41) is 3.62. The summed E-state index contributed by atoms with van der Waals surface area (Å²) in [5.74, 6) is 0. The lowest BCUT2D eigenvalue weighted by atomic mass is 9.94. The summed E-state index contributed by atoms with van der Waals surface area (Å²) in [6, 6.07) is 4.96. The van der Waals surface area contributed by atoms with Gasteiger partial charge >= 0.3 is 0 Å². The molecule has 1 atom stereocenters. The van der Waals surface area contributed by atoms with Gasteiger partial charge in [0.05, 0.1) is 12.7 Å². The number of rotatable bonds is 8. The minimum absolute atomic E-state index is 0.293. The number of benzene rings is 1. The second-order valence-corrected chi connectivity index (χ2v) is 6.11. The molecule has 1 aromatic carbocycles. The van der Waals surface area contributed by atoms with Crippen molar-refractivity contribution in [3.63, 3.8) is 0 Å². The van der Waals surface area contributed by atoms with Gasteiger partial charge < -0.3 is 10.1 Å². The van der Waals surface area contributed by atoms with Gasteiger partial charge in [-0.1, -0.05) is 24.6 Å². The van der Waals surface area contributed by atoms with Crippen LogP contribution in [0.2, 0.25) is 0 Å². The number of hydrogen-bond donors (Lipinski definition) is 1. The lowest BCUT2D eigenvalue weighted by Crippen LogP contribution is -2.37. The molecule has 1 rings (SSSR count). The van der Waals surface area contributed by atoms with Crippen LogP contribution in [0.15, 0.2) is 12.1 Å². The third-order valence-electron chi connectivity index (χ3n) is 3.60. The predicted octanol–water partition coefficient (Wildman–Crippen LogP) is 3.95. The molecule has 114 valence electrons. The molecule has 0 aliphatic carbocycles. The van der Waals surface area contributed by atoms with E-state index in [2.05, 4.69) is 59.0 Å². The van der Waals surface area contributed by atoms with Gasteiger partial charge in [-0.05, 0) is 70.7 Å². The fraction of sp³-hybridized carbons (Fsp3) is 0.667. The largest absolute Gasteiger partial charge is 0.377 e. The molecule has 1 aromatic rings. The van der Waals surface area contributed by atoms with Crippen molar-refractivity contribution in [2.24, 2.45) is 0 Å². The maximum absolute atomic E-state index is 5.81. The van der Waals surface area contributed by atoms with Crippen molar-refractivity contribution >= 4 is 0 Å². The van der Waals surface area contributed by atoms with Gasteiger partial charge in [-0.3, -0.25) is 0 Å². The van der Waals surface area contributed by atoms with Crippen LogP contribution in [0.3, 0.4) is 0 Å². The Kier molecular flexibility index (Phi) is 7.25. The van der Waals surface area contributed by atoms with Crippen molar-refractivity contribution in [2.45, 2.75) is 66.5 Å². The molecule has 0 heterocycles. The molecule has 2 nitrogen and oxygen atoms in total.